The lowest BCUT2D eigenvalue weighted by atomic mass is 9.65. The number of imide groups is 1. The number of carbonyl (C=O) groups is 4. The van der Waals surface area contributed by atoms with Crippen molar-refractivity contribution in [3.05, 3.63) is 82.7 Å². The summed E-state index contributed by atoms with van der Waals surface area (Å²) in [6.07, 6.45) is 2.58. The molecule has 1 N–H and O–H groups in total. The molecule has 2 atom stereocenters. The minimum Gasteiger partial charge on any atom is -0.496 e. The lowest BCUT2D eigenvalue weighted by Crippen LogP contribution is -2.63. The number of fused-ring (bicyclic) bond motifs is 1. The highest BCUT2D eigenvalue weighted by atomic mass is 19.3. The van der Waals surface area contributed by atoms with Crippen molar-refractivity contribution in [1.29, 1.82) is 0 Å². The number of halogens is 3. The predicted molar refractivity (Wildman–Crippen MR) is 212 cm³/mol. The molecule has 3 aromatic carbocycles. The number of carbonyl (C=O) groups excluding carboxylic acids is 4. The largest absolute Gasteiger partial charge is 0.496 e. The lowest BCUT2D eigenvalue weighted by Gasteiger charge is -2.55. The van der Waals surface area contributed by atoms with Crippen LogP contribution in [0.1, 0.15) is 90.9 Å². The minimum atomic E-state index is -2.76. The Kier molecular flexibility index (Phi) is 10.1. The molecule has 3 aromatic rings. The highest BCUT2D eigenvalue weighted by Gasteiger charge is 2.63. The van der Waals surface area contributed by atoms with Crippen molar-refractivity contribution in [3.63, 3.8) is 0 Å². The number of nitrogens with one attached hydrogen (secondary N) is 1. The van der Waals surface area contributed by atoms with Gasteiger partial charge in [-0.05, 0) is 73.9 Å². The van der Waals surface area contributed by atoms with Crippen LogP contribution in [0.4, 0.5) is 30.2 Å². The molecule has 0 bridgehead atoms. The van der Waals surface area contributed by atoms with E-state index in [9.17, 15) is 28.0 Å². The summed E-state index contributed by atoms with van der Waals surface area (Å²) in [6, 6.07) is 14.0. The van der Waals surface area contributed by atoms with Gasteiger partial charge in [-0.3, -0.25) is 29.4 Å². The molecule has 11 nitrogen and oxygen atoms in total. The summed E-state index contributed by atoms with van der Waals surface area (Å²) >= 11 is 0. The van der Waals surface area contributed by atoms with Gasteiger partial charge < -0.3 is 24.3 Å². The van der Waals surface area contributed by atoms with E-state index in [1.54, 1.807) is 29.2 Å². The number of piperidine rings is 2. The van der Waals surface area contributed by atoms with E-state index >= 15 is 4.39 Å². The number of para-hydroxylation sites is 1. The smallest absolute Gasteiger partial charge is 0.265 e. The number of benzene rings is 3. The molecule has 4 saturated heterocycles. The van der Waals surface area contributed by atoms with Crippen molar-refractivity contribution in [2.24, 2.45) is 11.3 Å². The number of ether oxygens (including phenoxy) is 1. The third-order valence-corrected chi connectivity index (χ3v) is 13.7. The molecular weight excluding hydrogens is 750 g/mol. The number of piperazine rings is 1. The van der Waals surface area contributed by atoms with Crippen LogP contribution in [0.5, 0.6) is 5.75 Å². The van der Waals surface area contributed by atoms with E-state index in [1.165, 1.54) is 24.1 Å². The van der Waals surface area contributed by atoms with Crippen LogP contribution in [0.2, 0.25) is 0 Å². The van der Waals surface area contributed by atoms with E-state index in [1.807, 2.05) is 12.1 Å². The number of alkyl halides is 2. The van der Waals surface area contributed by atoms with Crippen LogP contribution < -0.4 is 24.8 Å². The number of nitrogens with zero attached hydrogens (tertiary/aromatic N) is 5. The van der Waals surface area contributed by atoms with Gasteiger partial charge in [0.1, 0.15) is 17.6 Å². The maximum Gasteiger partial charge on any atom is 0.265 e. The van der Waals surface area contributed by atoms with E-state index in [4.69, 9.17) is 4.74 Å². The number of anilines is 3. The van der Waals surface area contributed by atoms with Gasteiger partial charge in [0.2, 0.25) is 17.7 Å². The first-order valence-electron chi connectivity index (χ1n) is 20.6. The Bertz CT molecular complexity index is 2130. The molecule has 58 heavy (non-hydrogen) atoms. The monoisotopic (exact) mass is 798 g/mol. The maximum atomic E-state index is 16.3. The van der Waals surface area contributed by atoms with Gasteiger partial charge in [0.25, 0.3) is 12.3 Å². The van der Waals surface area contributed by atoms with Gasteiger partial charge in [-0.2, -0.15) is 0 Å². The molecule has 9 rings (SSSR count). The highest BCUT2D eigenvalue weighted by molar-refractivity contribution is 6.07. The van der Waals surface area contributed by atoms with Gasteiger partial charge >= 0.3 is 0 Å². The van der Waals surface area contributed by atoms with Crippen molar-refractivity contribution >= 4 is 40.7 Å². The molecule has 306 valence electrons. The van der Waals surface area contributed by atoms with Gasteiger partial charge in [0.15, 0.2) is 0 Å². The summed E-state index contributed by atoms with van der Waals surface area (Å²) in [5.74, 6) is -0.542. The Morgan fingerprint density at radius 1 is 0.862 bits per heavy atom. The number of methoxy groups -OCH3 is 1. The standard InChI is InChI=1S/C44H49F3N6O5/c1-58-37-24-36(33(45)23-32(37)39-44(14-4-5-15-44)43(57)53(39)34-7-3-2-6-31(34)40(46)47)51-16-12-27(13-17-51)25-49-18-20-50(21-19-49)29-8-9-30-28(22-29)26-52(42(30)56)35-10-11-38(54)48-41(35)55/h2-3,6-9,22-24,27,35,39-40H,4-5,10-21,25-26H2,1H3,(H,48,54,55)/t35-,39-/m0/s1. The van der Waals surface area contributed by atoms with Crippen LogP contribution in [0.25, 0.3) is 0 Å². The first kappa shape index (κ1) is 38.4. The van der Waals surface area contributed by atoms with Crippen molar-refractivity contribution in [3.8, 4) is 5.75 Å². The third-order valence-electron chi connectivity index (χ3n) is 13.7. The number of β-lactam (4-membered cyclic amide) rings is 1. The molecule has 1 saturated carbocycles. The van der Waals surface area contributed by atoms with E-state index in [2.05, 4.69) is 26.1 Å². The molecule has 0 radical (unpaired) electrons. The van der Waals surface area contributed by atoms with Gasteiger partial charge in [-0.15, -0.1) is 0 Å². The average Bonchev–Trinajstić information content (AvgIpc) is 3.87. The molecule has 5 aliphatic heterocycles. The van der Waals surface area contributed by atoms with Crippen LogP contribution >= 0.6 is 0 Å². The second kappa shape index (κ2) is 15.2. The SMILES string of the molecule is COc1cc(N2CCC(CN3CCN(c4ccc5c(c4)CN([C@H]4CCC(=O)NC4=O)C5=O)CC3)CC2)c(F)cc1[C@@H]1N(c2ccccc2C(F)F)C(=O)C12CCCC2. The van der Waals surface area contributed by atoms with Crippen LogP contribution in [-0.2, 0) is 20.9 Å². The van der Waals surface area contributed by atoms with Crippen molar-refractivity contribution in [1.82, 2.24) is 15.1 Å². The first-order valence-corrected chi connectivity index (χ1v) is 20.6. The van der Waals surface area contributed by atoms with Crippen LogP contribution in [-0.4, -0.2) is 92.4 Å². The third kappa shape index (κ3) is 6.57. The number of amides is 4. The van der Waals surface area contributed by atoms with E-state index < -0.39 is 35.6 Å². The molecule has 14 heteroatoms. The second-order valence-corrected chi connectivity index (χ2v) is 16.8. The molecule has 4 amide bonds. The van der Waals surface area contributed by atoms with Crippen LogP contribution in [0.3, 0.4) is 0 Å². The van der Waals surface area contributed by atoms with Crippen LogP contribution in [0, 0.1) is 17.2 Å². The topological polar surface area (TPSA) is 106 Å². The Labute approximate surface area is 336 Å². The maximum absolute atomic E-state index is 16.3. The predicted octanol–water partition coefficient (Wildman–Crippen LogP) is 6.22. The molecule has 5 heterocycles. The quantitative estimate of drug-likeness (QED) is 0.201. The molecule has 6 aliphatic rings. The van der Waals surface area contributed by atoms with Gasteiger partial charge in [-0.1, -0.05) is 31.0 Å². The minimum absolute atomic E-state index is 0.168. The summed E-state index contributed by atoms with van der Waals surface area (Å²) in [5, 5.41) is 2.36. The molecule has 0 unspecified atom stereocenters. The fraction of sp³-hybridized carbons (Fsp3) is 0.500. The van der Waals surface area contributed by atoms with Crippen molar-refractivity contribution in [2.75, 3.05) is 67.6 Å². The summed E-state index contributed by atoms with van der Waals surface area (Å²) in [6.45, 7) is 6.18. The van der Waals surface area contributed by atoms with Crippen molar-refractivity contribution in [2.45, 2.75) is 76.4 Å². The Morgan fingerprint density at radius 3 is 2.31 bits per heavy atom. The fourth-order valence-electron chi connectivity index (χ4n) is 10.6. The van der Waals surface area contributed by atoms with Crippen LogP contribution in [0.15, 0.2) is 54.6 Å². The van der Waals surface area contributed by atoms with Crippen molar-refractivity contribution < 1.29 is 37.1 Å². The zero-order valence-corrected chi connectivity index (χ0v) is 32.7. The molecule has 0 aromatic heterocycles. The normalized spacial score (nSPS) is 23.9. The van der Waals surface area contributed by atoms with E-state index in [0.717, 1.165) is 69.7 Å². The summed E-state index contributed by atoms with van der Waals surface area (Å²) in [7, 11) is 1.54. The molecule has 1 aliphatic carbocycles. The summed E-state index contributed by atoms with van der Waals surface area (Å²) in [5.41, 5.74) is 2.74. The first-order chi connectivity index (χ1) is 28.1. The van der Waals surface area contributed by atoms with Gasteiger partial charge in [0, 0.05) is 87.2 Å². The zero-order valence-electron chi connectivity index (χ0n) is 32.7. The summed E-state index contributed by atoms with van der Waals surface area (Å²) < 4.78 is 50.4. The van der Waals surface area contributed by atoms with Gasteiger partial charge in [-0.25, -0.2) is 13.2 Å². The fourth-order valence-corrected chi connectivity index (χ4v) is 10.6. The Balaban J connectivity index is 0.819. The highest BCUT2D eigenvalue weighted by Crippen LogP contribution is 2.62. The molecule has 5 fully saturated rings. The average molecular weight is 799 g/mol. The number of rotatable bonds is 9. The zero-order chi connectivity index (χ0) is 40.3. The molecular formula is C44H49F3N6O5. The lowest BCUT2D eigenvalue weighted by molar-refractivity contribution is -0.140. The summed E-state index contributed by atoms with van der Waals surface area (Å²) in [4.78, 5) is 61.0. The van der Waals surface area contributed by atoms with E-state index in [-0.39, 0.29) is 35.4 Å². The Hall–Kier alpha value is -5.11. The number of hydrogen-bond donors (Lipinski definition) is 1. The molecule has 1 spiro atoms. The van der Waals surface area contributed by atoms with E-state index in [0.29, 0.717) is 67.4 Å². The number of hydrogen-bond acceptors (Lipinski definition) is 8. The Morgan fingerprint density at radius 2 is 1.60 bits per heavy atom. The second-order valence-electron chi connectivity index (χ2n) is 16.8. The van der Waals surface area contributed by atoms with Gasteiger partial charge in [0.05, 0.1) is 29.9 Å².